The van der Waals surface area contributed by atoms with E-state index in [2.05, 4.69) is 0 Å². The van der Waals surface area contributed by atoms with E-state index in [0.717, 1.165) is 0 Å². The Labute approximate surface area is 282 Å². The second kappa shape index (κ2) is 10.4. The molecule has 1 heteroatoms. The summed E-state index contributed by atoms with van der Waals surface area (Å²) in [6.45, 7) is 0. The quantitative estimate of drug-likeness (QED) is 0.187. The summed E-state index contributed by atoms with van der Waals surface area (Å²) in [6, 6.07) is 14.7. The molecule has 9 rings (SSSR count). The standard InChI is InChI=1S/C44H28O/c1-3-13-29(14-4-1)30-23-25-32(26-24-30)41-34-17-7-9-19-36(34)42(37-20-10-8-18-35(37)41)39-28-27-33(31-15-5-2-6-16-31)44-43(39)38-21-11-12-22-40(38)45-44/h1-28H/i1D,3D,4D,11D,12D,13D,14D,21D,22D,23D,24D,25D,26D,27D,28D. The Morgan fingerprint density at radius 1 is 0.378 bits per heavy atom. The Hall–Kier alpha value is -5.92. The fourth-order valence-electron chi connectivity index (χ4n) is 6.08. The first-order chi connectivity index (χ1) is 28.6. The van der Waals surface area contributed by atoms with Gasteiger partial charge in [-0.05, 0) is 72.6 Å². The van der Waals surface area contributed by atoms with E-state index in [4.69, 9.17) is 19.5 Å². The summed E-state index contributed by atoms with van der Waals surface area (Å²) in [6.07, 6.45) is 0. The minimum absolute atomic E-state index is 0.0248. The largest absolute Gasteiger partial charge is 0.455 e. The van der Waals surface area contributed by atoms with Gasteiger partial charge in [0.2, 0.25) is 0 Å². The summed E-state index contributed by atoms with van der Waals surface area (Å²) in [5, 5.41) is 1.96. The third-order valence-electron chi connectivity index (χ3n) is 7.99. The van der Waals surface area contributed by atoms with Crippen LogP contribution in [0.4, 0.5) is 0 Å². The molecule has 210 valence electrons. The fraction of sp³-hybridized carbons (Fsp3) is 0. The van der Waals surface area contributed by atoms with Crippen molar-refractivity contribution in [3.63, 3.8) is 0 Å². The first-order valence-corrected chi connectivity index (χ1v) is 14.2. The van der Waals surface area contributed by atoms with Gasteiger partial charge in [-0.25, -0.2) is 0 Å². The van der Waals surface area contributed by atoms with E-state index in [1.54, 1.807) is 78.9 Å². The molecule has 0 radical (unpaired) electrons. The smallest absolute Gasteiger partial charge is 0.143 e. The normalized spacial score (nSPS) is 16.2. The Morgan fingerprint density at radius 2 is 0.911 bits per heavy atom. The minimum Gasteiger partial charge on any atom is -0.455 e. The molecule has 0 N–H and O–H groups in total. The van der Waals surface area contributed by atoms with Gasteiger partial charge >= 0.3 is 0 Å². The van der Waals surface area contributed by atoms with Crippen LogP contribution in [0.1, 0.15) is 20.6 Å². The van der Waals surface area contributed by atoms with E-state index < -0.39 is 89.7 Å². The molecule has 0 saturated heterocycles. The summed E-state index contributed by atoms with van der Waals surface area (Å²) in [7, 11) is 0. The van der Waals surface area contributed by atoms with Gasteiger partial charge in [-0.2, -0.15) is 0 Å². The molecule has 0 saturated carbocycles. The molecule has 1 heterocycles. The van der Waals surface area contributed by atoms with Crippen molar-refractivity contribution >= 4 is 43.5 Å². The summed E-state index contributed by atoms with van der Waals surface area (Å²) in [4.78, 5) is 0. The molecular weight excluding hydrogens is 544 g/mol. The monoisotopic (exact) mass is 587 g/mol. The van der Waals surface area contributed by atoms with Crippen LogP contribution in [0.5, 0.6) is 0 Å². The zero-order valence-corrected chi connectivity index (χ0v) is 23.4. The number of hydrogen-bond donors (Lipinski definition) is 0. The molecule has 45 heavy (non-hydrogen) atoms. The molecule has 0 aliphatic heterocycles. The maximum atomic E-state index is 9.72. The number of rotatable bonds is 4. The maximum Gasteiger partial charge on any atom is 0.143 e. The van der Waals surface area contributed by atoms with Crippen molar-refractivity contribution in [2.24, 2.45) is 0 Å². The van der Waals surface area contributed by atoms with Gasteiger partial charge in [0, 0.05) is 16.3 Å². The SMILES string of the molecule is [2H]c1c([2H])c([2H])c(-c2c([2H])c([2H])c(-c3c4ccccc4c(-c4c([2H])c([2H])c(-c5ccccc5)c5oc6c([2H])c([2H])c([2H])c([2H])c6c45)c4ccccc34)c([2H])c2[2H])c([2H])c1[2H]. The lowest BCUT2D eigenvalue weighted by molar-refractivity contribution is 0.670. The van der Waals surface area contributed by atoms with Crippen molar-refractivity contribution in [2.45, 2.75) is 0 Å². The Morgan fingerprint density at radius 3 is 1.60 bits per heavy atom. The molecule has 9 aromatic rings. The second-order valence-corrected chi connectivity index (χ2v) is 10.5. The van der Waals surface area contributed by atoms with Gasteiger partial charge in [0.1, 0.15) is 11.2 Å². The molecule has 0 amide bonds. The molecule has 0 bridgehead atoms. The van der Waals surface area contributed by atoms with E-state index in [9.17, 15) is 5.48 Å². The van der Waals surface area contributed by atoms with Crippen LogP contribution >= 0.6 is 0 Å². The summed E-state index contributed by atoms with van der Waals surface area (Å²) >= 11 is 0. The van der Waals surface area contributed by atoms with Gasteiger partial charge in [0.15, 0.2) is 0 Å². The van der Waals surface area contributed by atoms with Gasteiger partial charge < -0.3 is 4.42 Å². The first kappa shape index (κ1) is 14.7. The van der Waals surface area contributed by atoms with Crippen molar-refractivity contribution in [3.05, 3.63) is 169 Å². The molecule has 1 nitrogen and oxygen atoms in total. The van der Waals surface area contributed by atoms with Crippen LogP contribution in [-0.2, 0) is 0 Å². The first-order valence-electron chi connectivity index (χ1n) is 21.7. The van der Waals surface area contributed by atoms with Gasteiger partial charge in [-0.1, -0.05) is 157 Å². The van der Waals surface area contributed by atoms with Gasteiger partial charge in [0.25, 0.3) is 0 Å². The molecule has 8 aromatic carbocycles. The molecule has 1 aromatic heterocycles. The lowest BCUT2D eigenvalue weighted by Gasteiger charge is -2.19. The lowest BCUT2D eigenvalue weighted by Crippen LogP contribution is -1.92. The topological polar surface area (TPSA) is 13.1 Å². The molecule has 0 unspecified atom stereocenters. The van der Waals surface area contributed by atoms with Crippen LogP contribution in [0, 0.1) is 0 Å². The van der Waals surface area contributed by atoms with Crippen LogP contribution < -0.4 is 0 Å². The van der Waals surface area contributed by atoms with E-state index in [0.29, 0.717) is 32.7 Å². The molecule has 0 spiro atoms. The molecule has 0 aliphatic carbocycles. The summed E-state index contributed by atoms with van der Waals surface area (Å²) in [5.74, 6) is 0. The summed E-state index contributed by atoms with van der Waals surface area (Å²) < 4.78 is 139. The Kier molecular flexibility index (Phi) is 3.39. The van der Waals surface area contributed by atoms with Gasteiger partial charge in [-0.15, -0.1) is 0 Å². The third kappa shape index (κ3) is 4.09. The van der Waals surface area contributed by atoms with Crippen molar-refractivity contribution in [1.29, 1.82) is 0 Å². The Bertz CT molecular complexity index is 3260. The number of fused-ring (bicyclic) bond motifs is 5. The third-order valence-corrected chi connectivity index (χ3v) is 7.99. The molecule has 0 aliphatic rings. The van der Waals surface area contributed by atoms with Crippen molar-refractivity contribution < 1.29 is 25.0 Å². The number of furan rings is 1. The van der Waals surface area contributed by atoms with Crippen LogP contribution in [-0.4, -0.2) is 0 Å². The average Bonchev–Trinajstić information content (AvgIpc) is 3.65. The van der Waals surface area contributed by atoms with E-state index in [1.807, 2.05) is 0 Å². The van der Waals surface area contributed by atoms with Crippen molar-refractivity contribution in [3.8, 4) is 44.5 Å². The van der Waals surface area contributed by atoms with Crippen LogP contribution in [0.2, 0.25) is 0 Å². The highest BCUT2D eigenvalue weighted by Gasteiger charge is 2.22. The van der Waals surface area contributed by atoms with Crippen molar-refractivity contribution in [2.75, 3.05) is 0 Å². The highest BCUT2D eigenvalue weighted by Crippen LogP contribution is 2.48. The van der Waals surface area contributed by atoms with Gasteiger partial charge in [-0.3, -0.25) is 0 Å². The summed E-state index contributed by atoms with van der Waals surface area (Å²) in [5.41, 5.74) is 0.479. The van der Waals surface area contributed by atoms with Crippen LogP contribution in [0.3, 0.4) is 0 Å². The predicted octanol–water partition coefficient (Wildman–Crippen LogP) is 12.6. The Balaban J connectivity index is 1.46. The van der Waals surface area contributed by atoms with E-state index >= 15 is 0 Å². The van der Waals surface area contributed by atoms with E-state index in [1.165, 1.54) is 0 Å². The molecule has 0 fully saturated rings. The maximum absolute atomic E-state index is 9.72. The zero-order valence-electron chi connectivity index (χ0n) is 38.4. The average molecular weight is 588 g/mol. The van der Waals surface area contributed by atoms with Crippen LogP contribution in [0.15, 0.2) is 174 Å². The fourth-order valence-corrected chi connectivity index (χ4v) is 6.08. The molecule has 0 atom stereocenters. The highest BCUT2D eigenvalue weighted by atomic mass is 16.3. The minimum atomic E-state index is -0.684. The highest BCUT2D eigenvalue weighted by molar-refractivity contribution is 6.26. The molecular formula is C44H28O. The zero-order chi connectivity index (χ0) is 42.8. The van der Waals surface area contributed by atoms with Crippen molar-refractivity contribution in [1.82, 2.24) is 0 Å². The van der Waals surface area contributed by atoms with E-state index in [-0.39, 0.29) is 56.3 Å². The predicted molar refractivity (Wildman–Crippen MR) is 190 cm³/mol. The second-order valence-electron chi connectivity index (χ2n) is 10.5. The van der Waals surface area contributed by atoms with Gasteiger partial charge in [0.05, 0.1) is 20.6 Å². The lowest BCUT2D eigenvalue weighted by atomic mass is 9.84. The number of hydrogen-bond acceptors (Lipinski definition) is 1. The van der Waals surface area contributed by atoms with Crippen LogP contribution in [0.25, 0.3) is 88.0 Å². The number of benzene rings is 8. The number of para-hydroxylation sites is 1.